The lowest BCUT2D eigenvalue weighted by atomic mass is 10.2. The van der Waals surface area contributed by atoms with E-state index in [1.165, 1.54) is 12.1 Å². The fourth-order valence-corrected chi connectivity index (χ4v) is 1.31. The molecule has 0 atom stereocenters. The van der Waals surface area contributed by atoms with Gasteiger partial charge in [0.15, 0.2) is 5.82 Å². The number of nitrogens with zero attached hydrogens (tertiary/aromatic N) is 3. The number of nitrogens with two attached hydrogens (primary N) is 2. The van der Waals surface area contributed by atoms with E-state index in [9.17, 15) is 13.2 Å². The third kappa shape index (κ3) is 2.47. The van der Waals surface area contributed by atoms with E-state index in [0.717, 1.165) is 12.3 Å². The monoisotopic (exact) mass is 255 g/mol. The number of alkyl halides is 3. The first-order valence-corrected chi connectivity index (χ1v) is 4.80. The fraction of sp³-hybridized carbons (Fsp3) is 0.100. The second kappa shape index (κ2) is 4.13. The van der Waals surface area contributed by atoms with Gasteiger partial charge >= 0.3 is 6.18 Å². The number of halogens is 3. The molecule has 18 heavy (non-hydrogen) atoms. The van der Waals surface area contributed by atoms with Gasteiger partial charge in [0.1, 0.15) is 17.3 Å². The van der Waals surface area contributed by atoms with E-state index in [1.54, 1.807) is 0 Å². The molecule has 0 saturated heterocycles. The van der Waals surface area contributed by atoms with Crippen molar-refractivity contribution in [1.82, 2.24) is 15.0 Å². The topological polar surface area (TPSA) is 90.7 Å². The van der Waals surface area contributed by atoms with Crippen LogP contribution in [-0.2, 0) is 6.18 Å². The van der Waals surface area contributed by atoms with Crippen molar-refractivity contribution in [3.05, 3.63) is 30.1 Å². The van der Waals surface area contributed by atoms with Crippen molar-refractivity contribution in [2.24, 2.45) is 0 Å². The summed E-state index contributed by atoms with van der Waals surface area (Å²) in [6.07, 6.45) is -3.45. The van der Waals surface area contributed by atoms with Crippen LogP contribution in [0.4, 0.5) is 24.8 Å². The van der Waals surface area contributed by atoms with Crippen molar-refractivity contribution in [1.29, 1.82) is 0 Å². The van der Waals surface area contributed by atoms with Crippen molar-refractivity contribution in [2.45, 2.75) is 6.18 Å². The minimum Gasteiger partial charge on any atom is -0.384 e. The summed E-state index contributed by atoms with van der Waals surface area (Å²) in [4.78, 5) is 11.0. The number of rotatable bonds is 1. The largest absolute Gasteiger partial charge is 0.433 e. The molecule has 4 N–H and O–H groups in total. The van der Waals surface area contributed by atoms with Crippen LogP contribution in [0.25, 0.3) is 11.4 Å². The lowest BCUT2D eigenvalue weighted by Gasteiger charge is -2.06. The summed E-state index contributed by atoms with van der Waals surface area (Å²) in [6, 6.07) is 3.41. The van der Waals surface area contributed by atoms with E-state index in [4.69, 9.17) is 11.5 Å². The average Bonchev–Trinajstić information content (AvgIpc) is 2.27. The van der Waals surface area contributed by atoms with Crippen molar-refractivity contribution in [2.75, 3.05) is 11.5 Å². The normalized spacial score (nSPS) is 11.5. The Morgan fingerprint density at radius 2 is 1.61 bits per heavy atom. The molecule has 2 aromatic rings. The Labute approximate surface area is 99.7 Å². The first-order valence-electron chi connectivity index (χ1n) is 4.80. The van der Waals surface area contributed by atoms with E-state index in [-0.39, 0.29) is 17.5 Å². The number of hydrogen-bond donors (Lipinski definition) is 2. The first kappa shape index (κ1) is 12.1. The zero-order valence-corrected chi connectivity index (χ0v) is 8.94. The molecule has 0 fully saturated rings. The predicted molar refractivity (Wildman–Crippen MR) is 59.1 cm³/mol. The second-order valence-corrected chi connectivity index (χ2v) is 3.47. The predicted octanol–water partition coefficient (Wildman–Crippen LogP) is 1.72. The van der Waals surface area contributed by atoms with Gasteiger partial charge in [-0.15, -0.1) is 0 Å². The summed E-state index contributed by atoms with van der Waals surface area (Å²) < 4.78 is 36.9. The van der Waals surface area contributed by atoms with Crippen LogP contribution >= 0.6 is 0 Å². The van der Waals surface area contributed by atoms with E-state index in [1.807, 2.05) is 0 Å². The highest BCUT2D eigenvalue weighted by molar-refractivity contribution is 5.58. The van der Waals surface area contributed by atoms with Gasteiger partial charge in [0, 0.05) is 17.8 Å². The molecule has 0 aliphatic rings. The molecule has 5 nitrogen and oxygen atoms in total. The number of aromatic nitrogens is 3. The van der Waals surface area contributed by atoms with Crippen LogP contribution in [0.3, 0.4) is 0 Å². The first-order chi connectivity index (χ1) is 8.36. The molecule has 0 aromatic carbocycles. The Morgan fingerprint density at radius 3 is 2.06 bits per heavy atom. The molecule has 0 aliphatic heterocycles. The van der Waals surface area contributed by atoms with Gasteiger partial charge in [0.25, 0.3) is 0 Å². The van der Waals surface area contributed by atoms with E-state index < -0.39 is 11.9 Å². The summed E-state index contributed by atoms with van der Waals surface area (Å²) in [6.45, 7) is 0. The summed E-state index contributed by atoms with van der Waals surface area (Å²) in [7, 11) is 0. The van der Waals surface area contributed by atoms with Gasteiger partial charge in [-0.1, -0.05) is 0 Å². The van der Waals surface area contributed by atoms with Crippen LogP contribution in [-0.4, -0.2) is 15.0 Å². The van der Waals surface area contributed by atoms with Crippen molar-refractivity contribution in [3.8, 4) is 11.4 Å². The molecule has 0 amide bonds. The lowest BCUT2D eigenvalue weighted by Crippen LogP contribution is -2.07. The molecule has 2 aromatic heterocycles. The Hall–Kier alpha value is -2.38. The zero-order chi connectivity index (χ0) is 13.3. The highest BCUT2D eigenvalue weighted by Gasteiger charge is 2.32. The molecule has 0 spiro atoms. The Morgan fingerprint density at radius 1 is 1.00 bits per heavy atom. The number of pyridine rings is 1. The van der Waals surface area contributed by atoms with Crippen molar-refractivity contribution >= 4 is 11.6 Å². The molecule has 2 rings (SSSR count). The van der Waals surface area contributed by atoms with E-state index >= 15 is 0 Å². The van der Waals surface area contributed by atoms with Crippen molar-refractivity contribution < 1.29 is 13.2 Å². The van der Waals surface area contributed by atoms with Crippen molar-refractivity contribution in [3.63, 3.8) is 0 Å². The fourth-order valence-electron chi connectivity index (χ4n) is 1.31. The third-order valence-electron chi connectivity index (χ3n) is 2.08. The van der Waals surface area contributed by atoms with Crippen LogP contribution in [0, 0.1) is 0 Å². The standard InChI is InChI=1S/C10H8F3N5/c11-10(12,13)6-2-1-5(4-16-6)9-17-7(14)3-8(15)18-9/h1-4H,(H4,14,15,17,18). The summed E-state index contributed by atoms with van der Waals surface area (Å²) in [5.74, 6) is 0.406. The minimum atomic E-state index is -4.48. The van der Waals surface area contributed by atoms with Gasteiger partial charge in [-0.3, -0.25) is 4.98 Å². The summed E-state index contributed by atoms with van der Waals surface area (Å²) in [5, 5.41) is 0. The van der Waals surface area contributed by atoms with Gasteiger partial charge in [0.05, 0.1) is 0 Å². The van der Waals surface area contributed by atoms with Gasteiger partial charge in [-0.2, -0.15) is 13.2 Å². The maximum Gasteiger partial charge on any atom is 0.433 e. The second-order valence-electron chi connectivity index (χ2n) is 3.47. The molecule has 94 valence electrons. The Balaban J connectivity index is 2.40. The lowest BCUT2D eigenvalue weighted by molar-refractivity contribution is -0.141. The Kier molecular flexibility index (Phi) is 2.77. The Bertz CT molecular complexity index is 544. The smallest absolute Gasteiger partial charge is 0.384 e. The molecule has 2 heterocycles. The van der Waals surface area contributed by atoms with Gasteiger partial charge in [0.2, 0.25) is 0 Å². The minimum absolute atomic E-state index is 0.133. The van der Waals surface area contributed by atoms with Crippen LogP contribution in [0.15, 0.2) is 24.4 Å². The molecule has 0 saturated carbocycles. The van der Waals surface area contributed by atoms with Gasteiger partial charge < -0.3 is 11.5 Å². The van der Waals surface area contributed by atoms with Crippen LogP contribution in [0.2, 0.25) is 0 Å². The van der Waals surface area contributed by atoms with Crippen LogP contribution < -0.4 is 11.5 Å². The highest BCUT2D eigenvalue weighted by atomic mass is 19.4. The van der Waals surface area contributed by atoms with Crippen LogP contribution in [0.5, 0.6) is 0 Å². The highest BCUT2D eigenvalue weighted by Crippen LogP contribution is 2.28. The number of hydrogen-bond acceptors (Lipinski definition) is 5. The summed E-state index contributed by atoms with van der Waals surface area (Å²) >= 11 is 0. The molecule has 8 heteroatoms. The average molecular weight is 255 g/mol. The van der Waals surface area contributed by atoms with Gasteiger partial charge in [-0.05, 0) is 12.1 Å². The molecule has 0 unspecified atom stereocenters. The van der Waals surface area contributed by atoms with Crippen LogP contribution in [0.1, 0.15) is 5.69 Å². The third-order valence-corrected chi connectivity index (χ3v) is 2.08. The molecular formula is C10H8F3N5. The molecular weight excluding hydrogens is 247 g/mol. The SMILES string of the molecule is Nc1cc(N)nc(-c2ccc(C(F)(F)F)nc2)n1. The maximum absolute atomic E-state index is 12.3. The summed E-state index contributed by atoms with van der Waals surface area (Å²) in [5.41, 5.74) is 10.3. The maximum atomic E-state index is 12.3. The quantitative estimate of drug-likeness (QED) is 0.809. The molecule has 0 aliphatic carbocycles. The molecule has 0 radical (unpaired) electrons. The zero-order valence-electron chi connectivity index (χ0n) is 8.94. The van der Waals surface area contributed by atoms with Gasteiger partial charge in [-0.25, -0.2) is 9.97 Å². The number of nitrogen functional groups attached to an aromatic ring is 2. The van der Waals surface area contributed by atoms with E-state index in [0.29, 0.717) is 5.56 Å². The molecule has 0 bridgehead atoms. The van der Waals surface area contributed by atoms with E-state index in [2.05, 4.69) is 15.0 Å². The number of anilines is 2.